The van der Waals surface area contributed by atoms with Crippen LogP contribution in [0.2, 0.25) is 0 Å². The minimum absolute atomic E-state index is 0.0884. The number of ether oxygens (including phenoxy) is 2. The third kappa shape index (κ3) is 5.65. The molecule has 0 aliphatic heterocycles. The Morgan fingerprint density at radius 2 is 1.75 bits per heavy atom. The Morgan fingerprint density at radius 3 is 2.25 bits per heavy atom. The minimum atomic E-state index is -6.45. The summed E-state index contributed by atoms with van der Waals surface area (Å²) in [4.78, 5) is 0. The lowest BCUT2D eigenvalue weighted by Gasteiger charge is -2.27. The summed E-state index contributed by atoms with van der Waals surface area (Å²) in [6.07, 6.45) is -5.27. The highest BCUT2D eigenvalue weighted by molar-refractivity contribution is 9.10. The Balaban J connectivity index is 3.09. The van der Waals surface area contributed by atoms with Gasteiger partial charge in [-0.1, -0.05) is 6.92 Å². The molecule has 12 heteroatoms. The summed E-state index contributed by atoms with van der Waals surface area (Å²) in [7, 11) is 0. The quantitative estimate of drug-likeness (QED) is 0.211. The average molecular weight is 483 g/mol. The first-order chi connectivity index (χ1) is 12.8. The molecule has 1 atom stereocenters. The predicted molar refractivity (Wildman–Crippen MR) is 92.4 cm³/mol. The molecule has 1 aromatic carbocycles. The fraction of sp³-hybridized carbons (Fsp3) is 0.562. The Labute approximate surface area is 165 Å². The fourth-order valence-corrected chi connectivity index (χ4v) is 2.31. The van der Waals surface area contributed by atoms with Crippen molar-refractivity contribution in [3.05, 3.63) is 22.2 Å². The normalized spacial score (nSPS) is 14.2. The zero-order chi connectivity index (χ0) is 21.8. The van der Waals surface area contributed by atoms with Gasteiger partial charge >= 0.3 is 18.1 Å². The highest BCUT2D eigenvalue weighted by Crippen LogP contribution is 2.45. The number of alkyl halides is 7. The molecule has 0 unspecified atom stereocenters. The van der Waals surface area contributed by atoms with Crippen LogP contribution < -0.4 is 14.9 Å². The molecule has 28 heavy (non-hydrogen) atoms. The van der Waals surface area contributed by atoms with Crippen molar-refractivity contribution in [2.75, 3.05) is 6.61 Å². The molecule has 160 valence electrons. The van der Waals surface area contributed by atoms with Crippen LogP contribution >= 0.6 is 15.9 Å². The lowest BCUT2D eigenvalue weighted by atomic mass is 10.2. The van der Waals surface area contributed by atoms with E-state index in [2.05, 4.69) is 21.0 Å². The SMILES string of the molecule is CCOc1cc(/C=N\NC(F)(F)C(F)(F)C(F)(F)F)cc(Br)c1O[C@H](C)CC. The molecular weight excluding hydrogens is 465 g/mol. The monoisotopic (exact) mass is 482 g/mol. The van der Waals surface area contributed by atoms with Gasteiger partial charge in [-0.05, 0) is 53.9 Å². The van der Waals surface area contributed by atoms with E-state index in [0.717, 1.165) is 0 Å². The summed E-state index contributed by atoms with van der Waals surface area (Å²) >= 11 is 3.21. The molecule has 0 heterocycles. The first-order valence-electron chi connectivity index (χ1n) is 8.02. The van der Waals surface area contributed by atoms with Crippen LogP contribution in [0.5, 0.6) is 11.5 Å². The molecule has 0 fully saturated rings. The minimum Gasteiger partial charge on any atom is -0.490 e. The summed E-state index contributed by atoms with van der Waals surface area (Å²) in [5.41, 5.74) is 0.648. The number of nitrogens with zero attached hydrogens (tertiary/aromatic N) is 1. The molecule has 0 spiro atoms. The van der Waals surface area contributed by atoms with Crippen LogP contribution in [0.4, 0.5) is 30.7 Å². The van der Waals surface area contributed by atoms with E-state index in [0.29, 0.717) is 28.3 Å². The van der Waals surface area contributed by atoms with Crippen molar-refractivity contribution >= 4 is 22.1 Å². The van der Waals surface area contributed by atoms with E-state index in [-0.39, 0.29) is 24.0 Å². The van der Waals surface area contributed by atoms with Crippen molar-refractivity contribution in [3.63, 3.8) is 0 Å². The third-order valence-corrected chi connectivity index (χ3v) is 3.98. The smallest absolute Gasteiger partial charge is 0.462 e. The lowest BCUT2D eigenvalue weighted by molar-refractivity contribution is -0.361. The second-order valence-electron chi connectivity index (χ2n) is 5.62. The van der Waals surface area contributed by atoms with E-state index in [9.17, 15) is 30.7 Å². The highest BCUT2D eigenvalue weighted by atomic mass is 79.9. The van der Waals surface area contributed by atoms with E-state index in [1.54, 1.807) is 6.92 Å². The first kappa shape index (κ1) is 24.3. The van der Waals surface area contributed by atoms with E-state index in [1.807, 2.05) is 13.8 Å². The van der Waals surface area contributed by atoms with Crippen molar-refractivity contribution in [2.45, 2.75) is 51.4 Å². The van der Waals surface area contributed by atoms with Gasteiger partial charge in [-0.15, -0.1) is 0 Å². The van der Waals surface area contributed by atoms with Gasteiger partial charge in [0.05, 0.1) is 23.4 Å². The predicted octanol–water partition coefficient (Wildman–Crippen LogP) is 5.74. The van der Waals surface area contributed by atoms with Crippen LogP contribution in [-0.2, 0) is 0 Å². The molecule has 0 saturated carbocycles. The van der Waals surface area contributed by atoms with Gasteiger partial charge in [0.25, 0.3) is 0 Å². The standard InChI is InChI=1S/C16H18BrF7N2O2/c1-4-9(3)28-13-11(17)6-10(7-12(13)27-5-2)8-25-26-16(23,24)14(18,19)15(20,21)22/h6-9,26H,4-5H2,1-3H3/b25-8-/t9-/m1/s1. The Hall–Kier alpha value is -1.72. The van der Waals surface area contributed by atoms with Crippen LogP contribution in [0.1, 0.15) is 32.8 Å². The summed E-state index contributed by atoms with van der Waals surface area (Å²) in [6, 6.07) is -2.97. The van der Waals surface area contributed by atoms with E-state index in [1.165, 1.54) is 12.1 Å². The topological polar surface area (TPSA) is 42.8 Å². The number of halogens is 8. The zero-order valence-electron chi connectivity index (χ0n) is 15.0. The van der Waals surface area contributed by atoms with Gasteiger partial charge in [-0.2, -0.15) is 35.8 Å². The van der Waals surface area contributed by atoms with Crippen molar-refractivity contribution in [1.82, 2.24) is 5.43 Å². The number of hydrazone groups is 1. The molecule has 0 saturated heterocycles. The van der Waals surface area contributed by atoms with Crippen molar-refractivity contribution in [1.29, 1.82) is 0 Å². The first-order valence-corrected chi connectivity index (χ1v) is 8.81. The Morgan fingerprint density at radius 1 is 1.14 bits per heavy atom. The summed E-state index contributed by atoms with van der Waals surface area (Å²) in [6.45, 7) is 5.62. The van der Waals surface area contributed by atoms with E-state index in [4.69, 9.17) is 9.47 Å². The van der Waals surface area contributed by atoms with E-state index >= 15 is 0 Å². The second kappa shape index (κ2) is 9.19. The van der Waals surface area contributed by atoms with Crippen molar-refractivity contribution in [3.8, 4) is 11.5 Å². The van der Waals surface area contributed by atoms with Crippen molar-refractivity contribution < 1.29 is 40.2 Å². The van der Waals surface area contributed by atoms with Gasteiger partial charge in [0, 0.05) is 0 Å². The average Bonchev–Trinajstić information content (AvgIpc) is 2.56. The highest BCUT2D eigenvalue weighted by Gasteiger charge is 2.73. The molecular formula is C16H18BrF7N2O2. The number of hydrogen-bond donors (Lipinski definition) is 1. The van der Waals surface area contributed by atoms with Gasteiger partial charge < -0.3 is 9.47 Å². The lowest BCUT2D eigenvalue weighted by Crippen LogP contribution is -2.58. The molecule has 0 aliphatic carbocycles. The largest absolute Gasteiger partial charge is 0.490 e. The fourth-order valence-electron chi connectivity index (χ4n) is 1.76. The van der Waals surface area contributed by atoms with Crippen molar-refractivity contribution in [2.24, 2.45) is 5.10 Å². The summed E-state index contributed by atoms with van der Waals surface area (Å²) in [5, 5.41) is 2.82. The van der Waals surface area contributed by atoms with Crippen LogP contribution in [0.25, 0.3) is 0 Å². The number of benzene rings is 1. The van der Waals surface area contributed by atoms with Gasteiger partial charge in [0.1, 0.15) is 0 Å². The molecule has 0 aromatic heterocycles. The maximum Gasteiger partial charge on any atom is 0.462 e. The number of hydrogen-bond acceptors (Lipinski definition) is 4. The maximum absolute atomic E-state index is 13.2. The molecule has 1 rings (SSSR count). The summed E-state index contributed by atoms with van der Waals surface area (Å²) in [5.74, 6) is -5.76. The molecule has 0 bridgehead atoms. The maximum atomic E-state index is 13.2. The molecule has 0 amide bonds. The number of nitrogens with one attached hydrogen (secondary N) is 1. The van der Waals surface area contributed by atoms with Gasteiger partial charge in [-0.3, -0.25) is 0 Å². The van der Waals surface area contributed by atoms with Gasteiger partial charge in [0.2, 0.25) is 0 Å². The van der Waals surface area contributed by atoms with Crippen LogP contribution in [0.15, 0.2) is 21.7 Å². The number of rotatable bonds is 9. The van der Waals surface area contributed by atoms with E-state index < -0.39 is 18.1 Å². The molecule has 0 aliphatic rings. The van der Waals surface area contributed by atoms with Gasteiger partial charge in [-0.25, -0.2) is 5.43 Å². The zero-order valence-corrected chi connectivity index (χ0v) is 16.6. The van der Waals surface area contributed by atoms with Gasteiger partial charge in [0.15, 0.2) is 11.5 Å². The molecule has 1 N–H and O–H groups in total. The molecule has 0 radical (unpaired) electrons. The van der Waals surface area contributed by atoms with Crippen LogP contribution in [-0.4, -0.2) is 37.1 Å². The third-order valence-electron chi connectivity index (χ3n) is 3.39. The molecule has 4 nitrogen and oxygen atoms in total. The second-order valence-corrected chi connectivity index (χ2v) is 6.47. The van der Waals surface area contributed by atoms with Crippen LogP contribution in [0, 0.1) is 0 Å². The van der Waals surface area contributed by atoms with Crippen LogP contribution in [0.3, 0.4) is 0 Å². The Bertz CT molecular complexity index is 696. The summed E-state index contributed by atoms with van der Waals surface area (Å²) < 4.78 is 99.7. The Kier molecular flexibility index (Phi) is 7.98. The molecule has 1 aromatic rings.